The zero-order chi connectivity index (χ0) is 49.7. The van der Waals surface area contributed by atoms with Crippen molar-refractivity contribution in [1.82, 2.24) is 5.32 Å². The zero-order valence-electron chi connectivity index (χ0n) is 39.4. The van der Waals surface area contributed by atoms with Crippen molar-refractivity contribution in [3.05, 3.63) is 82.9 Å². The fourth-order valence-corrected chi connectivity index (χ4v) is 11.2. The highest BCUT2D eigenvalue weighted by Crippen LogP contribution is 2.65. The second kappa shape index (κ2) is 19.6. The predicted molar refractivity (Wildman–Crippen MR) is 238 cm³/mol. The molecule has 2 aromatic rings. The summed E-state index contributed by atoms with van der Waals surface area (Å²) < 4.78 is 36.8. The van der Waals surface area contributed by atoms with Gasteiger partial charge in [-0.1, -0.05) is 82.6 Å². The van der Waals surface area contributed by atoms with Gasteiger partial charge in [-0.15, -0.1) is 0 Å². The number of ether oxygens (including phenoxy) is 6. The number of esters is 3. The number of nitrogens with one attached hydrogen (secondary N) is 1. The van der Waals surface area contributed by atoms with Gasteiger partial charge in [0.05, 0.1) is 42.3 Å². The van der Waals surface area contributed by atoms with E-state index in [2.05, 4.69) is 5.32 Å². The minimum atomic E-state index is -2.45. The van der Waals surface area contributed by atoms with E-state index in [-0.39, 0.29) is 42.1 Å². The number of hydrogen-bond acceptors (Lipinski definition) is 17. The third-order valence-electron chi connectivity index (χ3n) is 15.5. The quantitative estimate of drug-likeness (QED) is 0.0812. The molecular weight excluding hydrogens is 887 g/mol. The summed E-state index contributed by atoms with van der Waals surface area (Å²) in [5.41, 5.74) is -7.71. The average molecular weight is 952 g/mol. The SMILES string of the molecule is CCC(C)CCC(=O)NC(c1ccccc1)C(O)C(=O)OC1CC2(O)C(OC(=O)c3ccccc3)C3C4(OC(C)=O)COC4CC(OC4OCC(O)C(O)C4O)C3(C)C(=O)C(O)C(=C1C)C2(C)C. The summed E-state index contributed by atoms with van der Waals surface area (Å²) in [6, 6.07) is 14.8. The molecule has 1 amide bonds. The van der Waals surface area contributed by atoms with E-state index < -0.39 is 138 Å². The fourth-order valence-electron chi connectivity index (χ4n) is 11.2. The maximum atomic E-state index is 15.7. The van der Waals surface area contributed by atoms with Gasteiger partial charge in [0.1, 0.15) is 48.3 Å². The van der Waals surface area contributed by atoms with E-state index in [1.807, 2.05) is 13.8 Å². The van der Waals surface area contributed by atoms with Crippen LogP contribution in [0.5, 0.6) is 0 Å². The summed E-state index contributed by atoms with van der Waals surface area (Å²) in [4.78, 5) is 71.0. The molecule has 4 fully saturated rings. The van der Waals surface area contributed by atoms with Crippen molar-refractivity contribution in [3.63, 3.8) is 0 Å². The molecule has 2 aromatic carbocycles. The second-order valence-corrected chi connectivity index (χ2v) is 19.9. The summed E-state index contributed by atoms with van der Waals surface area (Å²) in [5, 5.41) is 73.0. The van der Waals surface area contributed by atoms with E-state index in [0.29, 0.717) is 12.0 Å². The minimum Gasteiger partial charge on any atom is -0.456 e. The van der Waals surface area contributed by atoms with Crippen LogP contribution in [0.1, 0.15) is 103 Å². The number of aliphatic hydroxyl groups excluding tert-OH is 5. The van der Waals surface area contributed by atoms with Gasteiger partial charge in [0.15, 0.2) is 23.8 Å². The molecule has 0 radical (unpaired) electrons. The highest BCUT2D eigenvalue weighted by molar-refractivity contribution is 5.94. The lowest BCUT2D eigenvalue weighted by atomic mass is 9.44. The number of fused-ring (bicyclic) bond motifs is 5. The van der Waals surface area contributed by atoms with Crippen LogP contribution < -0.4 is 5.32 Å². The Labute approximate surface area is 394 Å². The van der Waals surface area contributed by atoms with Gasteiger partial charge in [0, 0.05) is 31.6 Å². The monoisotopic (exact) mass is 951 g/mol. The number of ketones is 1. The third-order valence-corrected chi connectivity index (χ3v) is 15.5. The molecule has 372 valence electrons. The molecule has 2 saturated heterocycles. The van der Waals surface area contributed by atoms with E-state index in [0.717, 1.165) is 13.3 Å². The number of benzene rings is 2. The lowest BCUT2D eigenvalue weighted by Crippen LogP contribution is -2.82. The molecule has 2 aliphatic heterocycles. The van der Waals surface area contributed by atoms with Gasteiger partial charge >= 0.3 is 17.9 Å². The normalized spacial score (nSPS) is 36.5. The van der Waals surface area contributed by atoms with E-state index in [1.165, 1.54) is 39.8 Å². The van der Waals surface area contributed by atoms with Crippen LogP contribution in [0.4, 0.5) is 0 Å². The molecule has 7 rings (SSSR count). The van der Waals surface area contributed by atoms with Gasteiger partial charge in [0.25, 0.3) is 0 Å². The molecule has 68 heavy (non-hydrogen) atoms. The Morgan fingerprint density at radius 3 is 2.18 bits per heavy atom. The highest BCUT2D eigenvalue weighted by Gasteiger charge is 2.78. The lowest BCUT2D eigenvalue weighted by Gasteiger charge is -2.68. The maximum absolute atomic E-state index is 15.7. The number of carbonyl (C=O) groups excluding carboxylic acids is 5. The Kier molecular flexibility index (Phi) is 14.8. The minimum absolute atomic E-state index is 0.0360. The van der Waals surface area contributed by atoms with Gasteiger partial charge in [-0.25, -0.2) is 9.59 Å². The van der Waals surface area contributed by atoms with Crippen molar-refractivity contribution in [2.75, 3.05) is 13.2 Å². The van der Waals surface area contributed by atoms with Crippen LogP contribution in [-0.4, -0.2) is 146 Å². The zero-order valence-corrected chi connectivity index (χ0v) is 39.4. The first kappa shape index (κ1) is 51.2. The van der Waals surface area contributed by atoms with Crippen molar-refractivity contribution in [3.8, 4) is 0 Å². The van der Waals surface area contributed by atoms with Crippen LogP contribution in [0.2, 0.25) is 0 Å². The van der Waals surface area contributed by atoms with Crippen molar-refractivity contribution in [1.29, 1.82) is 0 Å². The average Bonchev–Trinajstić information content (AvgIpc) is 3.30. The van der Waals surface area contributed by atoms with Crippen LogP contribution in [-0.2, 0) is 47.6 Å². The number of carbonyl (C=O) groups is 5. The van der Waals surface area contributed by atoms with Crippen molar-refractivity contribution >= 4 is 29.6 Å². The van der Waals surface area contributed by atoms with Gasteiger partial charge in [-0.2, -0.15) is 0 Å². The van der Waals surface area contributed by atoms with Crippen LogP contribution in [0.15, 0.2) is 71.8 Å². The van der Waals surface area contributed by atoms with E-state index >= 15 is 4.79 Å². The Hall–Kier alpha value is -4.63. The molecule has 16 atom stereocenters. The molecule has 2 saturated carbocycles. The maximum Gasteiger partial charge on any atom is 0.338 e. The van der Waals surface area contributed by atoms with Gasteiger partial charge in [-0.3, -0.25) is 14.4 Å². The number of hydrogen-bond donors (Lipinski definition) is 7. The fraction of sp³-hybridized carbons (Fsp3) is 0.620. The van der Waals surface area contributed by atoms with Gasteiger partial charge < -0.3 is 64.4 Å². The highest BCUT2D eigenvalue weighted by atomic mass is 16.7. The number of rotatable bonds is 14. The summed E-state index contributed by atoms with van der Waals surface area (Å²) in [7, 11) is 0. The van der Waals surface area contributed by atoms with Gasteiger partial charge in [0.2, 0.25) is 5.91 Å². The first-order valence-electron chi connectivity index (χ1n) is 23.3. The molecule has 16 unspecified atom stereocenters. The molecule has 2 heterocycles. The van der Waals surface area contributed by atoms with Crippen LogP contribution >= 0.6 is 0 Å². The third kappa shape index (κ3) is 8.92. The van der Waals surface area contributed by atoms with E-state index in [4.69, 9.17) is 28.4 Å². The Bertz CT molecular complexity index is 2240. The summed E-state index contributed by atoms with van der Waals surface area (Å²) in [5.74, 6) is -5.78. The van der Waals surface area contributed by atoms with Crippen molar-refractivity contribution < 1.29 is 83.0 Å². The Morgan fingerprint density at radius 1 is 0.926 bits per heavy atom. The molecule has 5 aliphatic rings. The summed E-state index contributed by atoms with van der Waals surface area (Å²) in [6.45, 7) is 10.3. The predicted octanol–water partition coefficient (Wildman–Crippen LogP) is 2.14. The standard InChI is InChI=1S/C50H65NO17/c1-8-25(2)19-20-34(54)51-36(28-15-11-9-12-16-28)39(57)45(61)65-31-22-50(62)43(67-44(60)29-17-13-10-14-18-29)41-48(7,42(59)38(56)35(26(31)3)47(50,5)6)32(21-33-49(41,24-64-33)68-27(4)52)66-46-40(58)37(55)30(53)23-63-46/h9-18,25,30-33,36-41,43,46,53,55-58,62H,8,19-24H2,1-7H3,(H,51,54). The molecule has 3 aliphatic carbocycles. The number of amides is 1. The van der Waals surface area contributed by atoms with Crippen LogP contribution in [0.25, 0.3) is 0 Å². The molecule has 18 heteroatoms. The smallest absolute Gasteiger partial charge is 0.338 e. The largest absolute Gasteiger partial charge is 0.456 e. The lowest BCUT2D eigenvalue weighted by molar-refractivity contribution is -0.366. The van der Waals surface area contributed by atoms with E-state index in [9.17, 15) is 49.8 Å². The molecule has 0 aromatic heterocycles. The summed E-state index contributed by atoms with van der Waals surface area (Å²) >= 11 is 0. The molecule has 7 N–H and O–H groups in total. The molecule has 0 spiro atoms. The molecule has 2 bridgehead atoms. The first-order valence-corrected chi connectivity index (χ1v) is 23.3. The Balaban J connectivity index is 1.36. The first-order chi connectivity index (χ1) is 32.0. The molecule has 18 nitrogen and oxygen atoms in total. The number of aliphatic hydroxyl groups is 6. The van der Waals surface area contributed by atoms with Gasteiger partial charge in [-0.05, 0) is 55.0 Å². The molecular formula is C50H65NO17. The van der Waals surface area contributed by atoms with Crippen molar-refractivity contribution in [2.24, 2.45) is 22.7 Å². The number of Topliss-reactive ketones (excluding diaryl/α,β-unsaturated/α-hetero) is 1. The topological polar surface area (TPSA) is 274 Å². The second-order valence-electron chi connectivity index (χ2n) is 19.9. The Morgan fingerprint density at radius 2 is 1.57 bits per heavy atom. The van der Waals surface area contributed by atoms with Crippen LogP contribution in [0, 0.1) is 22.7 Å². The van der Waals surface area contributed by atoms with Crippen LogP contribution in [0.3, 0.4) is 0 Å². The van der Waals surface area contributed by atoms with E-state index in [1.54, 1.807) is 48.5 Å². The van der Waals surface area contributed by atoms with Crippen molar-refractivity contribution in [2.45, 2.75) is 159 Å². The summed E-state index contributed by atoms with van der Waals surface area (Å²) in [6.07, 6.45) is -16.1.